The first-order valence-corrected chi connectivity index (χ1v) is 3.51. The van der Waals surface area contributed by atoms with Gasteiger partial charge in [-0.25, -0.2) is 4.98 Å². The number of fused-ring (bicyclic) bond motifs is 1. The minimum atomic E-state index is 1.02. The summed E-state index contributed by atoms with van der Waals surface area (Å²) in [7, 11) is 0. The summed E-state index contributed by atoms with van der Waals surface area (Å²) in [5.74, 6) is 0. The van der Waals surface area contributed by atoms with E-state index in [0.717, 1.165) is 10.9 Å². The molecule has 2 rings (SSSR count). The second kappa shape index (κ2) is 2.25. The molecule has 0 aliphatic heterocycles. The maximum absolute atomic E-state index is 4.19. The number of aryl methyl sites for hydroxylation is 1. The van der Waals surface area contributed by atoms with Crippen LogP contribution in [0.5, 0.6) is 0 Å². The van der Waals surface area contributed by atoms with Crippen LogP contribution in [-0.2, 0) is 0 Å². The van der Waals surface area contributed by atoms with Crippen LogP contribution in [0.4, 0.5) is 0 Å². The molecule has 0 saturated heterocycles. The third kappa shape index (κ3) is 0.929. The fraction of sp³-hybridized carbons (Fsp3) is 0.100. The van der Waals surface area contributed by atoms with Crippen molar-refractivity contribution in [2.45, 2.75) is 6.92 Å². The predicted molar refractivity (Wildman–Crippen MR) is 44.2 cm³/mol. The van der Waals surface area contributed by atoms with Crippen LogP contribution in [0.15, 0.2) is 24.4 Å². The van der Waals surface area contributed by atoms with Gasteiger partial charge in [0.15, 0.2) is 0 Å². The lowest BCUT2D eigenvalue weighted by Gasteiger charge is -1.94. The highest BCUT2D eigenvalue weighted by Crippen LogP contribution is 2.11. The van der Waals surface area contributed by atoms with Crippen molar-refractivity contribution in [2.24, 2.45) is 0 Å². The van der Waals surface area contributed by atoms with Crippen LogP contribution in [0.25, 0.3) is 10.9 Å². The monoisotopic (exact) mass is 141 g/mol. The molecule has 1 heteroatoms. The van der Waals surface area contributed by atoms with Crippen LogP contribution in [0.2, 0.25) is 0 Å². The summed E-state index contributed by atoms with van der Waals surface area (Å²) < 4.78 is 0. The van der Waals surface area contributed by atoms with Crippen LogP contribution < -0.4 is 0 Å². The molecule has 0 fully saturated rings. The van der Waals surface area contributed by atoms with E-state index in [4.69, 9.17) is 0 Å². The van der Waals surface area contributed by atoms with Gasteiger partial charge >= 0.3 is 0 Å². The van der Waals surface area contributed by atoms with E-state index < -0.39 is 0 Å². The minimum absolute atomic E-state index is 1.02. The number of para-hydroxylation sites is 1. The SMILES string of the molecule is Cc1cccc2c#ccnc12. The quantitative estimate of drug-likeness (QED) is 0.547. The Morgan fingerprint density at radius 3 is 3.09 bits per heavy atom. The van der Waals surface area contributed by atoms with Crippen molar-refractivity contribution in [3.63, 3.8) is 0 Å². The highest BCUT2D eigenvalue weighted by atomic mass is 14.6. The summed E-state index contributed by atoms with van der Waals surface area (Å²) in [5, 5.41) is 1.03. The highest BCUT2D eigenvalue weighted by molar-refractivity contribution is 5.79. The molecule has 1 aromatic heterocycles. The van der Waals surface area contributed by atoms with Gasteiger partial charge in [-0.1, -0.05) is 18.2 Å². The lowest BCUT2D eigenvalue weighted by atomic mass is 10.1. The van der Waals surface area contributed by atoms with Crippen LogP contribution in [-0.4, -0.2) is 4.98 Å². The van der Waals surface area contributed by atoms with Gasteiger partial charge in [0.2, 0.25) is 0 Å². The summed E-state index contributed by atoms with van der Waals surface area (Å²) in [4.78, 5) is 4.19. The van der Waals surface area contributed by atoms with Crippen LogP contribution in [0.3, 0.4) is 0 Å². The molecule has 1 nitrogen and oxygen atoms in total. The van der Waals surface area contributed by atoms with Gasteiger partial charge in [-0.05, 0) is 24.6 Å². The second-order valence-electron chi connectivity index (χ2n) is 2.50. The van der Waals surface area contributed by atoms with Gasteiger partial charge in [0.05, 0.1) is 17.1 Å². The molecule has 0 radical (unpaired) electrons. The van der Waals surface area contributed by atoms with Crippen LogP contribution >= 0.6 is 0 Å². The van der Waals surface area contributed by atoms with Crippen molar-refractivity contribution in [3.05, 3.63) is 42.1 Å². The van der Waals surface area contributed by atoms with E-state index >= 15 is 0 Å². The number of hydrogen-bond acceptors (Lipinski definition) is 1. The van der Waals surface area contributed by atoms with Gasteiger partial charge in [0.25, 0.3) is 0 Å². The summed E-state index contributed by atoms with van der Waals surface area (Å²) in [6, 6.07) is 11.9. The standard InChI is InChI=1S/C10H7N/c1-8-4-2-5-9-6-3-7-11-10(8)9/h2,4-5,7H,1H3. The number of hydrogen-bond donors (Lipinski definition) is 0. The molecular weight excluding hydrogens is 134 g/mol. The van der Waals surface area contributed by atoms with E-state index in [0.29, 0.717) is 0 Å². The average molecular weight is 141 g/mol. The molecule has 0 unspecified atom stereocenters. The van der Waals surface area contributed by atoms with Gasteiger partial charge in [-0.15, -0.1) is 0 Å². The van der Waals surface area contributed by atoms with Crippen LogP contribution in [0.1, 0.15) is 5.56 Å². The summed E-state index contributed by atoms with van der Waals surface area (Å²) in [6.45, 7) is 2.04. The molecule has 52 valence electrons. The molecule has 0 aliphatic rings. The zero-order valence-corrected chi connectivity index (χ0v) is 6.26. The zero-order chi connectivity index (χ0) is 7.68. The Kier molecular flexibility index (Phi) is 1.26. The van der Waals surface area contributed by atoms with Gasteiger partial charge < -0.3 is 0 Å². The first-order valence-electron chi connectivity index (χ1n) is 3.51. The number of nitrogens with zero attached hydrogens (tertiary/aromatic N) is 1. The molecule has 0 bridgehead atoms. The molecule has 11 heavy (non-hydrogen) atoms. The average Bonchev–Trinajstić information content (AvgIpc) is 2.06. The van der Waals surface area contributed by atoms with Crippen LogP contribution in [0, 0.1) is 19.1 Å². The van der Waals surface area contributed by atoms with Gasteiger partial charge in [-0.3, -0.25) is 0 Å². The van der Waals surface area contributed by atoms with Crippen molar-refractivity contribution in [3.8, 4) is 0 Å². The maximum atomic E-state index is 4.19. The summed E-state index contributed by atoms with van der Waals surface area (Å²) >= 11 is 0. The number of benzene rings is 1. The first kappa shape index (κ1) is 6.18. The smallest absolute Gasteiger partial charge is 0.0823 e. The Morgan fingerprint density at radius 2 is 2.27 bits per heavy atom. The number of rotatable bonds is 0. The zero-order valence-electron chi connectivity index (χ0n) is 6.26. The Hall–Kier alpha value is -1.55. The number of aromatic nitrogens is 1. The van der Waals surface area contributed by atoms with Gasteiger partial charge in [0.1, 0.15) is 0 Å². The van der Waals surface area contributed by atoms with Gasteiger partial charge in [0, 0.05) is 0 Å². The van der Waals surface area contributed by atoms with E-state index in [1.54, 1.807) is 6.20 Å². The largest absolute Gasteiger partial charge is 0.246 e. The van der Waals surface area contributed by atoms with E-state index in [1.165, 1.54) is 5.56 Å². The topological polar surface area (TPSA) is 12.9 Å². The van der Waals surface area contributed by atoms with E-state index in [1.807, 2.05) is 25.1 Å². The third-order valence-electron chi connectivity index (χ3n) is 1.70. The van der Waals surface area contributed by atoms with E-state index in [9.17, 15) is 0 Å². The molecule has 0 N–H and O–H groups in total. The lowest BCUT2D eigenvalue weighted by molar-refractivity contribution is 1.37. The Balaban J connectivity index is 2.91. The van der Waals surface area contributed by atoms with Crippen molar-refractivity contribution in [1.29, 1.82) is 0 Å². The molecule has 2 aromatic rings. The molecule has 1 aromatic carbocycles. The van der Waals surface area contributed by atoms with Crippen molar-refractivity contribution < 1.29 is 0 Å². The molecule has 0 saturated carbocycles. The Morgan fingerprint density at radius 1 is 1.36 bits per heavy atom. The van der Waals surface area contributed by atoms with E-state index in [-0.39, 0.29) is 0 Å². The third-order valence-corrected chi connectivity index (χ3v) is 1.70. The van der Waals surface area contributed by atoms with Crippen molar-refractivity contribution >= 4 is 10.9 Å². The maximum Gasteiger partial charge on any atom is 0.0823 e. The Labute approximate surface area is 65.7 Å². The minimum Gasteiger partial charge on any atom is -0.246 e. The second-order valence-corrected chi connectivity index (χ2v) is 2.50. The predicted octanol–water partition coefficient (Wildman–Crippen LogP) is 2.14. The Bertz CT molecular complexity index is 374. The fourth-order valence-electron chi connectivity index (χ4n) is 1.14. The summed E-state index contributed by atoms with van der Waals surface area (Å²) in [6.07, 6.45) is 1.65. The molecule has 0 amide bonds. The normalized spacial score (nSPS) is 9.55. The molecule has 0 aliphatic carbocycles. The fourth-order valence-corrected chi connectivity index (χ4v) is 1.14. The summed E-state index contributed by atoms with van der Waals surface area (Å²) in [5.41, 5.74) is 2.21. The first-order chi connectivity index (χ1) is 5.38. The molecule has 0 spiro atoms. The molecular formula is C10H7N. The van der Waals surface area contributed by atoms with Gasteiger partial charge in [-0.2, -0.15) is 0 Å². The molecule has 1 heterocycles. The molecule has 0 atom stereocenters. The highest BCUT2D eigenvalue weighted by Gasteiger charge is 1.93. The van der Waals surface area contributed by atoms with Crippen molar-refractivity contribution in [1.82, 2.24) is 4.98 Å². The van der Waals surface area contributed by atoms with E-state index in [2.05, 4.69) is 17.1 Å². The van der Waals surface area contributed by atoms with Crippen molar-refractivity contribution in [2.75, 3.05) is 0 Å². The lowest BCUT2D eigenvalue weighted by Crippen LogP contribution is -1.78.